The van der Waals surface area contributed by atoms with E-state index in [4.69, 9.17) is 19.0 Å². The summed E-state index contributed by atoms with van der Waals surface area (Å²) in [6, 6.07) is 7.68. The van der Waals surface area contributed by atoms with Crippen molar-refractivity contribution in [1.82, 2.24) is 0 Å². The molecule has 0 unspecified atom stereocenters. The third-order valence-corrected chi connectivity index (χ3v) is 5.09. The van der Waals surface area contributed by atoms with Gasteiger partial charge in [0.1, 0.15) is 22.5 Å². The van der Waals surface area contributed by atoms with Gasteiger partial charge in [0.2, 0.25) is 5.75 Å². The summed E-state index contributed by atoms with van der Waals surface area (Å²) in [4.78, 5) is 13.2. The smallest absolute Gasteiger partial charge is 0.204 e. The number of fused-ring (bicyclic) bond motifs is 1. The zero-order valence-electron chi connectivity index (χ0n) is 17.8. The molecule has 166 valence electrons. The minimum absolute atomic E-state index is 0.0685. The van der Waals surface area contributed by atoms with Crippen molar-refractivity contribution in [1.29, 1.82) is 0 Å². The first-order chi connectivity index (χ1) is 15.0. The second-order valence-corrected chi connectivity index (χ2v) is 7.30. The number of unbranched alkanes of at least 4 members (excludes halogenated alkanes) is 2. The summed E-state index contributed by atoms with van der Waals surface area (Å²) in [7, 11) is 1.40. The monoisotopic (exact) mass is 428 g/mol. The molecular formula is C24H28O7. The fraction of sp³-hybridized carbons (Fsp3) is 0.375. The molecule has 3 rings (SSSR count). The Balaban J connectivity index is 2.27. The lowest BCUT2D eigenvalue weighted by atomic mass is 10.0. The minimum Gasteiger partial charge on any atom is -0.508 e. The van der Waals surface area contributed by atoms with Crippen LogP contribution in [0.15, 0.2) is 39.5 Å². The predicted octanol–water partition coefficient (Wildman–Crippen LogP) is 4.37. The number of phenolic OH excluding ortho intramolecular Hbond substituents is 2. The van der Waals surface area contributed by atoms with Crippen LogP contribution in [0.3, 0.4) is 0 Å². The van der Waals surface area contributed by atoms with Crippen LogP contribution in [0.2, 0.25) is 0 Å². The highest BCUT2D eigenvalue weighted by Gasteiger charge is 2.25. The van der Waals surface area contributed by atoms with E-state index in [1.54, 1.807) is 12.1 Å². The highest BCUT2D eigenvalue weighted by molar-refractivity contribution is 5.93. The van der Waals surface area contributed by atoms with Gasteiger partial charge in [-0.1, -0.05) is 19.8 Å². The Kier molecular flexibility index (Phi) is 7.41. The number of phenols is 2. The first-order valence-electron chi connectivity index (χ1n) is 10.4. The molecule has 0 amide bonds. The zero-order chi connectivity index (χ0) is 22.4. The van der Waals surface area contributed by atoms with Crippen molar-refractivity contribution in [3.8, 4) is 34.3 Å². The van der Waals surface area contributed by atoms with Crippen molar-refractivity contribution in [2.45, 2.75) is 39.0 Å². The Bertz CT molecular complexity index is 1080. The molecule has 0 radical (unpaired) electrons. The molecule has 0 aliphatic carbocycles. The third-order valence-electron chi connectivity index (χ3n) is 5.09. The first-order valence-corrected chi connectivity index (χ1v) is 10.4. The summed E-state index contributed by atoms with van der Waals surface area (Å²) < 4.78 is 17.3. The summed E-state index contributed by atoms with van der Waals surface area (Å²) in [6.07, 6.45) is 3.63. The molecule has 1 heterocycles. The van der Waals surface area contributed by atoms with Gasteiger partial charge in [0, 0.05) is 30.2 Å². The van der Waals surface area contributed by atoms with Crippen molar-refractivity contribution >= 4 is 11.0 Å². The lowest BCUT2D eigenvalue weighted by molar-refractivity contribution is 0.228. The van der Waals surface area contributed by atoms with Crippen molar-refractivity contribution < 1.29 is 29.2 Å². The van der Waals surface area contributed by atoms with Crippen LogP contribution >= 0.6 is 0 Å². The Labute approximate surface area is 180 Å². The van der Waals surface area contributed by atoms with Gasteiger partial charge in [-0.15, -0.1) is 0 Å². The molecule has 1 aromatic heterocycles. The molecular weight excluding hydrogens is 400 g/mol. The Hall–Kier alpha value is -3.19. The number of aliphatic hydroxyl groups excluding tert-OH is 1. The topological polar surface area (TPSA) is 109 Å². The molecule has 0 saturated carbocycles. The van der Waals surface area contributed by atoms with Crippen LogP contribution < -0.4 is 14.9 Å². The molecule has 2 aromatic carbocycles. The molecule has 0 bridgehead atoms. The molecule has 7 nitrogen and oxygen atoms in total. The number of aromatic hydroxyl groups is 2. The van der Waals surface area contributed by atoms with E-state index in [0.29, 0.717) is 29.7 Å². The maximum absolute atomic E-state index is 13.2. The normalized spacial score (nSPS) is 11.1. The number of ether oxygens (including phenoxy) is 2. The molecule has 0 fully saturated rings. The summed E-state index contributed by atoms with van der Waals surface area (Å²) in [5.74, 6) is 0.501. The van der Waals surface area contributed by atoms with Gasteiger partial charge in [0.05, 0.1) is 13.7 Å². The number of hydrogen-bond acceptors (Lipinski definition) is 7. The van der Waals surface area contributed by atoms with Crippen molar-refractivity contribution in [3.05, 3.63) is 46.1 Å². The zero-order valence-corrected chi connectivity index (χ0v) is 17.8. The van der Waals surface area contributed by atoms with Gasteiger partial charge in [-0.3, -0.25) is 4.79 Å². The molecule has 0 saturated heterocycles. The largest absolute Gasteiger partial charge is 0.508 e. The van der Waals surface area contributed by atoms with Gasteiger partial charge in [-0.25, -0.2) is 0 Å². The van der Waals surface area contributed by atoms with Crippen LogP contribution in [0.5, 0.6) is 23.0 Å². The summed E-state index contributed by atoms with van der Waals surface area (Å²) in [5, 5.41) is 29.8. The van der Waals surface area contributed by atoms with E-state index in [1.807, 2.05) is 0 Å². The van der Waals surface area contributed by atoms with Gasteiger partial charge in [0.25, 0.3) is 0 Å². The predicted molar refractivity (Wildman–Crippen MR) is 118 cm³/mol. The van der Waals surface area contributed by atoms with E-state index in [0.717, 1.165) is 19.3 Å². The standard InChI is InChI=1S/C24H28O7/c1-3-4-5-7-17-21(28)24(29-2)23(30-13-6-12-25)20-18(27)14-19(31-22(17)20)15-8-10-16(26)11-9-15/h8-11,14,25-26,28H,3-7,12-13H2,1-2H3. The van der Waals surface area contributed by atoms with E-state index >= 15 is 0 Å². The highest BCUT2D eigenvalue weighted by Crippen LogP contribution is 2.46. The van der Waals surface area contributed by atoms with Crippen LogP contribution in [0.1, 0.15) is 38.2 Å². The first kappa shape index (κ1) is 22.5. The lowest BCUT2D eigenvalue weighted by Crippen LogP contribution is -2.09. The highest BCUT2D eigenvalue weighted by atomic mass is 16.5. The molecule has 0 spiro atoms. The fourth-order valence-electron chi connectivity index (χ4n) is 3.50. The van der Waals surface area contributed by atoms with Crippen LogP contribution in [0.4, 0.5) is 0 Å². The average Bonchev–Trinajstić information content (AvgIpc) is 2.76. The maximum atomic E-state index is 13.2. The number of hydrogen-bond donors (Lipinski definition) is 3. The van der Waals surface area contributed by atoms with E-state index in [1.165, 1.54) is 25.3 Å². The maximum Gasteiger partial charge on any atom is 0.204 e. The van der Waals surface area contributed by atoms with Gasteiger partial charge in [-0.05, 0) is 37.1 Å². The quantitative estimate of drug-likeness (QED) is 0.411. The van der Waals surface area contributed by atoms with Crippen molar-refractivity contribution in [2.75, 3.05) is 20.3 Å². The van der Waals surface area contributed by atoms with E-state index < -0.39 is 0 Å². The number of aliphatic hydroxyl groups is 1. The molecule has 31 heavy (non-hydrogen) atoms. The number of aryl methyl sites for hydroxylation is 1. The second-order valence-electron chi connectivity index (χ2n) is 7.30. The van der Waals surface area contributed by atoms with Crippen LogP contribution in [0.25, 0.3) is 22.3 Å². The van der Waals surface area contributed by atoms with E-state index in [9.17, 15) is 15.0 Å². The van der Waals surface area contributed by atoms with Crippen LogP contribution in [-0.2, 0) is 6.42 Å². The van der Waals surface area contributed by atoms with Gasteiger partial charge in [0.15, 0.2) is 16.9 Å². The Morgan fingerprint density at radius 2 is 1.77 bits per heavy atom. The summed E-state index contributed by atoms with van der Waals surface area (Å²) in [5.41, 5.74) is 1.03. The average molecular weight is 428 g/mol. The Morgan fingerprint density at radius 1 is 1.03 bits per heavy atom. The molecule has 3 aromatic rings. The third kappa shape index (κ3) is 4.77. The van der Waals surface area contributed by atoms with Crippen LogP contribution in [-0.4, -0.2) is 35.6 Å². The number of rotatable bonds is 10. The number of methoxy groups -OCH3 is 1. The van der Waals surface area contributed by atoms with E-state index in [2.05, 4.69) is 6.92 Å². The van der Waals surface area contributed by atoms with Gasteiger partial charge < -0.3 is 29.2 Å². The molecule has 0 atom stereocenters. The minimum atomic E-state index is -0.335. The summed E-state index contributed by atoms with van der Waals surface area (Å²) >= 11 is 0. The summed E-state index contributed by atoms with van der Waals surface area (Å²) in [6.45, 7) is 2.16. The van der Waals surface area contributed by atoms with Crippen LogP contribution in [0, 0.1) is 0 Å². The van der Waals surface area contributed by atoms with Crippen molar-refractivity contribution in [2.24, 2.45) is 0 Å². The molecule has 0 aliphatic rings. The Morgan fingerprint density at radius 3 is 2.42 bits per heavy atom. The molecule has 7 heteroatoms. The number of benzene rings is 2. The van der Waals surface area contributed by atoms with E-state index in [-0.39, 0.29) is 52.6 Å². The molecule has 0 aliphatic heterocycles. The lowest BCUT2D eigenvalue weighted by Gasteiger charge is -2.18. The van der Waals surface area contributed by atoms with Gasteiger partial charge >= 0.3 is 0 Å². The second kappa shape index (κ2) is 10.2. The fourth-order valence-corrected chi connectivity index (χ4v) is 3.50. The SMILES string of the molecule is CCCCCc1c(O)c(OC)c(OCCCO)c2c(=O)cc(-c3ccc(O)cc3)oc12. The van der Waals surface area contributed by atoms with Crippen molar-refractivity contribution in [3.63, 3.8) is 0 Å². The molecule has 3 N–H and O–H groups in total. The van der Waals surface area contributed by atoms with Gasteiger partial charge in [-0.2, -0.15) is 0 Å².